The van der Waals surface area contributed by atoms with E-state index in [0.717, 1.165) is 83.0 Å². The molecular formula is C21H36N4O2. The van der Waals surface area contributed by atoms with E-state index in [9.17, 15) is 0 Å². The molecule has 1 saturated heterocycles. The second-order valence-electron chi connectivity index (χ2n) is 7.68. The fourth-order valence-electron chi connectivity index (χ4n) is 3.86. The quantitative estimate of drug-likeness (QED) is 0.394. The van der Waals surface area contributed by atoms with Gasteiger partial charge >= 0.3 is 0 Å². The molecule has 1 saturated carbocycles. The minimum Gasteiger partial charge on any atom is -0.469 e. The van der Waals surface area contributed by atoms with E-state index in [2.05, 4.69) is 15.5 Å². The molecule has 2 N–H and O–H groups in total. The third kappa shape index (κ3) is 7.93. The summed E-state index contributed by atoms with van der Waals surface area (Å²) in [6.07, 6.45) is 10.5. The second kappa shape index (κ2) is 12.0. The topological polar surface area (TPSA) is 62.0 Å². The summed E-state index contributed by atoms with van der Waals surface area (Å²) >= 11 is 0. The van der Waals surface area contributed by atoms with E-state index in [1.165, 1.54) is 32.1 Å². The highest BCUT2D eigenvalue weighted by atomic mass is 16.5. The zero-order valence-electron chi connectivity index (χ0n) is 16.6. The van der Waals surface area contributed by atoms with Crippen LogP contribution in [0.1, 0.15) is 44.3 Å². The summed E-state index contributed by atoms with van der Waals surface area (Å²) in [5, 5.41) is 7.01. The van der Waals surface area contributed by atoms with Gasteiger partial charge in [-0.05, 0) is 43.9 Å². The molecular weight excluding hydrogens is 340 g/mol. The van der Waals surface area contributed by atoms with Crippen molar-refractivity contribution in [3.63, 3.8) is 0 Å². The average Bonchev–Trinajstić information content (AvgIpc) is 3.24. The van der Waals surface area contributed by atoms with Crippen LogP contribution in [0.25, 0.3) is 0 Å². The Balaban J connectivity index is 1.39. The Morgan fingerprint density at radius 2 is 1.93 bits per heavy atom. The summed E-state index contributed by atoms with van der Waals surface area (Å²) in [6, 6.07) is 3.97. The summed E-state index contributed by atoms with van der Waals surface area (Å²) in [5.74, 6) is 2.73. The minimum absolute atomic E-state index is 0.760. The van der Waals surface area contributed by atoms with Gasteiger partial charge in [0.25, 0.3) is 0 Å². The summed E-state index contributed by atoms with van der Waals surface area (Å²) in [7, 11) is 0. The van der Waals surface area contributed by atoms with Crippen LogP contribution >= 0.6 is 0 Å². The summed E-state index contributed by atoms with van der Waals surface area (Å²) < 4.78 is 10.8. The third-order valence-corrected chi connectivity index (χ3v) is 5.52. The van der Waals surface area contributed by atoms with Crippen molar-refractivity contribution in [3.05, 3.63) is 24.2 Å². The lowest BCUT2D eigenvalue weighted by Gasteiger charge is -2.26. The highest BCUT2D eigenvalue weighted by Gasteiger charge is 2.13. The monoisotopic (exact) mass is 376 g/mol. The lowest BCUT2D eigenvalue weighted by atomic mass is 9.89. The maximum Gasteiger partial charge on any atom is 0.191 e. The molecule has 6 nitrogen and oxygen atoms in total. The van der Waals surface area contributed by atoms with Crippen molar-refractivity contribution in [1.82, 2.24) is 15.5 Å². The normalized spacial score (nSPS) is 19.9. The van der Waals surface area contributed by atoms with Crippen LogP contribution < -0.4 is 10.6 Å². The van der Waals surface area contributed by atoms with Crippen LogP contribution in [0.3, 0.4) is 0 Å². The molecule has 27 heavy (non-hydrogen) atoms. The molecule has 1 aliphatic carbocycles. The van der Waals surface area contributed by atoms with Crippen molar-refractivity contribution < 1.29 is 9.15 Å². The molecule has 0 radical (unpaired) electrons. The maximum atomic E-state index is 5.42. The molecule has 2 aliphatic rings. The van der Waals surface area contributed by atoms with Gasteiger partial charge in [-0.2, -0.15) is 0 Å². The number of nitrogens with zero attached hydrogens (tertiary/aromatic N) is 2. The Bertz CT molecular complexity index is 520. The molecule has 1 aromatic heterocycles. The number of aliphatic imine (C=N–C) groups is 1. The molecule has 0 amide bonds. The Hall–Kier alpha value is -1.53. The highest BCUT2D eigenvalue weighted by molar-refractivity contribution is 5.79. The number of ether oxygens (including phenoxy) is 1. The van der Waals surface area contributed by atoms with Gasteiger partial charge in [0.1, 0.15) is 5.76 Å². The Labute approximate surface area is 163 Å². The summed E-state index contributed by atoms with van der Waals surface area (Å²) in [4.78, 5) is 7.36. The fourth-order valence-corrected chi connectivity index (χ4v) is 3.86. The SMILES string of the molecule is c1coc(CCNC(=NCC2CCCCC2)NCCCN2CCOCC2)c1. The zero-order chi connectivity index (χ0) is 18.6. The van der Waals surface area contributed by atoms with Gasteiger partial charge in [0, 0.05) is 39.1 Å². The van der Waals surface area contributed by atoms with E-state index in [-0.39, 0.29) is 0 Å². The molecule has 1 aromatic rings. The van der Waals surface area contributed by atoms with E-state index in [1.54, 1.807) is 6.26 Å². The van der Waals surface area contributed by atoms with Crippen LogP contribution in [0.2, 0.25) is 0 Å². The number of rotatable bonds is 9. The van der Waals surface area contributed by atoms with Gasteiger partial charge < -0.3 is 19.8 Å². The van der Waals surface area contributed by atoms with Gasteiger partial charge in [0.2, 0.25) is 0 Å². The van der Waals surface area contributed by atoms with Crippen LogP contribution in [-0.2, 0) is 11.2 Å². The molecule has 1 aliphatic heterocycles. The molecule has 3 rings (SSSR count). The second-order valence-corrected chi connectivity index (χ2v) is 7.68. The van der Waals surface area contributed by atoms with Gasteiger partial charge in [0.05, 0.1) is 19.5 Å². The van der Waals surface area contributed by atoms with Crippen molar-refractivity contribution in [1.29, 1.82) is 0 Å². The zero-order valence-corrected chi connectivity index (χ0v) is 16.6. The predicted octanol–water partition coefficient (Wildman–Crippen LogP) is 2.66. The van der Waals surface area contributed by atoms with E-state index in [0.29, 0.717) is 0 Å². The lowest BCUT2D eigenvalue weighted by Crippen LogP contribution is -2.41. The lowest BCUT2D eigenvalue weighted by molar-refractivity contribution is 0.0376. The minimum atomic E-state index is 0.760. The van der Waals surface area contributed by atoms with Crippen LogP contribution in [-0.4, -0.2) is 63.3 Å². The van der Waals surface area contributed by atoms with Crippen molar-refractivity contribution in [2.75, 3.05) is 52.5 Å². The first kappa shape index (κ1) is 20.2. The third-order valence-electron chi connectivity index (χ3n) is 5.52. The number of nitrogens with one attached hydrogen (secondary N) is 2. The number of hydrogen-bond donors (Lipinski definition) is 2. The van der Waals surface area contributed by atoms with Gasteiger partial charge in [-0.15, -0.1) is 0 Å². The standard InChI is InChI=1S/C21H36N4O2/c1-2-6-19(7-3-1)18-24-21(23-11-9-20-8-4-15-27-20)22-10-5-12-25-13-16-26-17-14-25/h4,8,15,19H,1-3,5-7,9-14,16-18H2,(H2,22,23,24). The molecule has 2 heterocycles. The molecule has 6 heteroatoms. The molecule has 0 spiro atoms. The first-order valence-electron chi connectivity index (χ1n) is 10.7. The Kier molecular flexibility index (Phi) is 9.01. The smallest absolute Gasteiger partial charge is 0.191 e. The molecule has 0 aromatic carbocycles. The fraction of sp³-hybridized carbons (Fsp3) is 0.762. The molecule has 0 atom stereocenters. The Morgan fingerprint density at radius 3 is 2.70 bits per heavy atom. The molecule has 152 valence electrons. The van der Waals surface area contributed by atoms with Crippen molar-refractivity contribution in [2.24, 2.45) is 10.9 Å². The maximum absolute atomic E-state index is 5.42. The number of morpholine rings is 1. The Morgan fingerprint density at radius 1 is 1.11 bits per heavy atom. The van der Waals surface area contributed by atoms with Crippen LogP contribution in [0, 0.1) is 5.92 Å². The highest BCUT2D eigenvalue weighted by Crippen LogP contribution is 2.23. The first-order valence-corrected chi connectivity index (χ1v) is 10.7. The largest absolute Gasteiger partial charge is 0.469 e. The van der Waals surface area contributed by atoms with Gasteiger partial charge in [-0.3, -0.25) is 9.89 Å². The van der Waals surface area contributed by atoms with Gasteiger partial charge in [0.15, 0.2) is 5.96 Å². The predicted molar refractivity (Wildman–Crippen MR) is 109 cm³/mol. The first-order chi connectivity index (χ1) is 13.4. The summed E-state index contributed by atoms with van der Waals surface area (Å²) in [5.41, 5.74) is 0. The number of guanidine groups is 1. The van der Waals surface area contributed by atoms with Gasteiger partial charge in [-0.25, -0.2) is 0 Å². The van der Waals surface area contributed by atoms with Crippen LogP contribution in [0.4, 0.5) is 0 Å². The van der Waals surface area contributed by atoms with E-state index >= 15 is 0 Å². The van der Waals surface area contributed by atoms with Crippen molar-refractivity contribution in [3.8, 4) is 0 Å². The number of hydrogen-bond acceptors (Lipinski definition) is 4. The van der Waals surface area contributed by atoms with Gasteiger partial charge in [-0.1, -0.05) is 19.3 Å². The molecule has 0 bridgehead atoms. The van der Waals surface area contributed by atoms with Crippen LogP contribution in [0.15, 0.2) is 27.8 Å². The summed E-state index contributed by atoms with van der Waals surface area (Å²) in [6.45, 7) is 7.72. The van der Waals surface area contributed by atoms with Crippen LogP contribution in [0.5, 0.6) is 0 Å². The number of furan rings is 1. The van der Waals surface area contributed by atoms with E-state index in [4.69, 9.17) is 14.1 Å². The van der Waals surface area contributed by atoms with Crippen molar-refractivity contribution >= 4 is 5.96 Å². The average molecular weight is 377 g/mol. The van der Waals surface area contributed by atoms with Crippen molar-refractivity contribution in [2.45, 2.75) is 44.9 Å². The van der Waals surface area contributed by atoms with E-state index < -0.39 is 0 Å². The molecule has 0 unspecified atom stereocenters. The molecule has 2 fully saturated rings. The van der Waals surface area contributed by atoms with E-state index in [1.807, 2.05) is 12.1 Å².